The molecule has 1 aliphatic heterocycles. The summed E-state index contributed by atoms with van der Waals surface area (Å²) in [6.45, 7) is 7.15. The Morgan fingerprint density at radius 1 is 1.64 bits per heavy atom. The van der Waals surface area contributed by atoms with Crippen LogP contribution < -0.4 is 0 Å². The quantitative estimate of drug-likeness (QED) is 0.289. The summed E-state index contributed by atoms with van der Waals surface area (Å²) >= 11 is 0. The Morgan fingerprint density at radius 3 is 2.71 bits per heavy atom. The smallest absolute Gasteiger partial charge is 0.323 e. The summed E-state index contributed by atoms with van der Waals surface area (Å²) in [4.78, 5) is 26.8. The molecule has 1 rings (SSSR count). The fraction of sp³-hybridized carbons (Fsp3) is 0.500. The fourth-order valence-electron chi connectivity index (χ4n) is 1.33. The van der Waals surface area contributed by atoms with Gasteiger partial charge in [0.1, 0.15) is 0 Å². The number of Topliss-reactive ketones (excluding diaryl/α,β-unsaturated/α-hetero) is 1. The molecule has 0 aromatic heterocycles. The van der Waals surface area contributed by atoms with Gasteiger partial charge in [-0.2, -0.15) is 0 Å². The first kappa shape index (κ1) is 10.6. The maximum absolute atomic E-state index is 11.5. The Morgan fingerprint density at radius 2 is 2.29 bits per heavy atom. The third kappa shape index (κ3) is 1.89. The van der Waals surface area contributed by atoms with Crippen LogP contribution in [0.15, 0.2) is 17.6 Å². The van der Waals surface area contributed by atoms with Crippen molar-refractivity contribution in [1.82, 2.24) is 0 Å². The number of nitrogens with zero attached hydrogens (tertiary/aromatic N) is 1. The Labute approximate surface area is 82.7 Å². The zero-order valence-corrected chi connectivity index (χ0v) is 8.32. The molecule has 76 valence electrons. The second-order valence-electron chi connectivity index (χ2n) is 3.19. The van der Waals surface area contributed by atoms with Crippen molar-refractivity contribution in [2.45, 2.75) is 20.0 Å². The van der Waals surface area contributed by atoms with Crippen LogP contribution in [0.1, 0.15) is 13.8 Å². The predicted octanol–water partition coefficient (Wildman–Crippen LogP) is 0.764. The van der Waals surface area contributed by atoms with Crippen molar-refractivity contribution < 1.29 is 14.3 Å². The van der Waals surface area contributed by atoms with Crippen LogP contribution in [0.3, 0.4) is 0 Å². The molecule has 1 aliphatic rings. The van der Waals surface area contributed by atoms with Crippen LogP contribution in [0.2, 0.25) is 0 Å². The summed E-state index contributed by atoms with van der Waals surface area (Å²) in [5.74, 6) is -1.50. The SMILES string of the molecule is C=CCN=C(C)[C@@H]1C(=O)O[C@@H](C)C1=O. The van der Waals surface area contributed by atoms with Gasteiger partial charge in [0, 0.05) is 5.71 Å². The van der Waals surface area contributed by atoms with E-state index in [1.807, 2.05) is 0 Å². The van der Waals surface area contributed by atoms with Gasteiger partial charge in [-0.05, 0) is 13.8 Å². The molecule has 14 heavy (non-hydrogen) atoms. The highest BCUT2D eigenvalue weighted by Gasteiger charge is 2.42. The van der Waals surface area contributed by atoms with E-state index in [0.29, 0.717) is 12.3 Å². The minimum absolute atomic E-state index is 0.208. The second kappa shape index (κ2) is 4.17. The number of cyclic esters (lactones) is 1. The predicted molar refractivity (Wildman–Crippen MR) is 52.2 cm³/mol. The molecule has 1 fully saturated rings. The number of ether oxygens (including phenoxy) is 1. The number of carbonyl (C=O) groups excluding carboxylic acids is 2. The molecule has 4 heteroatoms. The summed E-state index contributed by atoms with van der Waals surface area (Å²) in [6, 6.07) is 0. The van der Waals surface area contributed by atoms with E-state index < -0.39 is 18.0 Å². The van der Waals surface area contributed by atoms with Crippen molar-refractivity contribution in [3.8, 4) is 0 Å². The maximum atomic E-state index is 11.5. The number of ketones is 1. The van der Waals surface area contributed by atoms with Crippen LogP contribution in [0.5, 0.6) is 0 Å². The van der Waals surface area contributed by atoms with Crippen molar-refractivity contribution in [3.05, 3.63) is 12.7 Å². The molecular weight excluding hydrogens is 182 g/mol. The molecule has 0 aromatic rings. The lowest BCUT2D eigenvalue weighted by molar-refractivity contribution is -0.142. The van der Waals surface area contributed by atoms with E-state index in [1.54, 1.807) is 19.9 Å². The highest BCUT2D eigenvalue weighted by molar-refractivity contribution is 6.22. The number of rotatable bonds is 3. The molecule has 0 bridgehead atoms. The number of aliphatic imine (C=N–C) groups is 1. The number of hydrogen-bond donors (Lipinski definition) is 0. The van der Waals surface area contributed by atoms with Crippen LogP contribution in [0.4, 0.5) is 0 Å². The van der Waals surface area contributed by atoms with Gasteiger partial charge in [0.05, 0.1) is 6.54 Å². The van der Waals surface area contributed by atoms with Gasteiger partial charge in [0.25, 0.3) is 0 Å². The van der Waals surface area contributed by atoms with Crippen molar-refractivity contribution in [1.29, 1.82) is 0 Å². The molecule has 0 aromatic carbocycles. The molecule has 1 heterocycles. The summed E-state index contributed by atoms with van der Waals surface area (Å²) in [5, 5.41) is 0. The highest BCUT2D eigenvalue weighted by Crippen LogP contribution is 2.18. The van der Waals surface area contributed by atoms with E-state index >= 15 is 0 Å². The molecule has 0 amide bonds. The molecule has 2 atom stereocenters. The molecule has 0 unspecified atom stereocenters. The van der Waals surface area contributed by atoms with Gasteiger partial charge in [0.15, 0.2) is 17.8 Å². The minimum Gasteiger partial charge on any atom is -0.454 e. The maximum Gasteiger partial charge on any atom is 0.323 e. The Kier molecular flexibility index (Phi) is 3.17. The number of hydrogen-bond acceptors (Lipinski definition) is 4. The molecular formula is C10H13NO3. The Balaban J connectivity index is 2.82. The molecule has 0 spiro atoms. The topological polar surface area (TPSA) is 55.7 Å². The summed E-state index contributed by atoms with van der Waals surface area (Å²) in [6.07, 6.45) is 0.971. The standard InChI is InChI=1S/C10H13NO3/c1-4-5-11-6(2)8-9(12)7(3)14-10(8)13/h4,7-8H,1,5H2,2-3H3/t7-,8-/m0/s1. The minimum atomic E-state index is -0.801. The first-order chi connectivity index (χ1) is 6.57. The third-order valence-electron chi connectivity index (χ3n) is 2.10. The normalized spacial score (nSPS) is 27.7. The van der Waals surface area contributed by atoms with Gasteiger partial charge in [0.2, 0.25) is 0 Å². The lowest BCUT2D eigenvalue weighted by Gasteiger charge is -2.02. The average molecular weight is 195 g/mol. The average Bonchev–Trinajstić information content (AvgIpc) is 2.38. The lowest BCUT2D eigenvalue weighted by atomic mass is 9.99. The van der Waals surface area contributed by atoms with Gasteiger partial charge in [-0.15, -0.1) is 6.58 Å². The Bertz CT molecular complexity index is 306. The number of carbonyl (C=O) groups is 2. The monoisotopic (exact) mass is 195 g/mol. The zero-order valence-electron chi connectivity index (χ0n) is 8.32. The van der Waals surface area contributed by atoms with Gasteiger partial charge in [-0.25, -0.2) is 0 Å². The van der Waals surface area contributed by atoms with E-state index in [-0.39, 0.29) is 5.78 Å². The van der Waals surface area contributed by atoms with Crippen LogP contribution in [0.25, 0.3) is 0 Å². The molecule has 0 N–H and O–H groups in total. The van der Waals surface area contributed by atoms with E-state index in [1.165, 1.54) is 0 Å². The summed E-state index contributed by atoms with van der Waals surface area (Å²) < 4.78 is 4.79. The third-order valence-corrected chi connectivity index (χ3v) is 2.10. The van der Waals surface area contributed by atoms with Crippen LogP contribution in [0, 0.1) is 5.92 Å². The van der Waals surface area contributed by atoms with Crippen molar-refractivity contribution >= 4 is 17.5 Å². The molecule has 0 radical (unpaired) electrons. The second-order valence-corrected chi connectivity index (χ2v) is 3.19. The fourth-order valence-corrected chi connectivity index (χ4v) is 1.33. The summed E-state index contributed by atoms with van der Waals surface area (Å²) in [7, 11) is 0. The van der Waals surface area contributed by atoms with E-state index in [9.17, 15) is 9.59 Å². The van der Waals surface area contributed by atoms with Crippen molar-refractivity contribution in [2.75, 3.05) is 6.54 Å². The molecule has 4 nitrogen and oxygen atoms in total. The van der Waals surface area contributed by atoms with Crippen molar-refractivity contribution in [3.63, 3.8) is 0 Å². The first-order valence-electron chi connectivity index (χ1n) is 4.44. The molecule has 0 saturated carbocycles. The van der Waals surface area contributed by atoms with Gasteiger partial charge < -0.3 is 4.74 Å². The van der Waals surface area contributed by atoms with E-state index in [2.05, 4.69) is 11.6 Å². The van der Waals surface area contributed by atoms with E-state index in [4.69, 9.17) is 4.74 Å². The number of esters is 1. The molecule has 0 aliphatic carbocycles. The summed E-state index contributed by atoms with van der Waals surface area (Å²) in [5.41, 5.74) is 0.504. The van der Waals surface area contributed by atoms with Crippen LogP contribution in [-0.2, 0) is 14.3 Å². The van der Waals surface area contributed by atoms with Crippen LogP contribution >= 0.6 is 0 Å². The van der Waals surface area contributed by atoms with Gasteiger partial charge in [-0.1, -0.05) is 6.08 Å². The van der Waals surface area contributed by atoms with Gasteiger partial charge >= 0.3 is 5.97 Å². The zero-order chi connectivity index (χ0) is 10.7. The van der Waals surface area contributed by atoms with Crippen molar-refractivity contribution in [2.24, 2.45) is 10.9 Å². The first-order valence-corrected chi connectivity index (χ1v) is 4.44. The lowest BCUT2D eigenvalue weighted by Crippen LogP contribution is -2.25. The Hall–Kier alpha value is -1.45. The van der Waals surface area contributed by atoms with Gasteiger partial charge in [-0.3, -0.25) is 14.6 Å². The van der Waals surface area contributed by atoms with E-state index in [0.717, 1.165) is 0 Å². The largest absolute Gasteiger partial charge is 0.454 e. The van der Waals surface area contributed by atoms with Crippen LogP contribution in [-0.4, -0.2) is 30.1 Å². The molecule has 1 saturated heterocycles. The highest BCUT2D eigenvalue weighted by atomic mass is 16.6.